The van der Waals surface area contributed by atoms with Crippen LogP contribution in [0.5, 0.6) is 0 Å². The van der Waals surface area contributed by atoms with Gasteiger partial charge in [0.1, 0.15) is 12.4 Å². The van der Waals surface area contributed by atoms with E-state index in [2.05, 4.69) is 5.32 Å². The zero-order valence-electron chi connectivity index (χ0n) is 15.8. The minimum Gasteiger partial charge on any atom is -0.324 e. The van der Waals surface area contributed by atoms with Crippen LogP contribution in [-0.2, 0) is 14.8 Å². The van der Waals surface area contributed by atoms with E-state index in [1.165, 1.54) is 24.3 Å². The maximum absolute atomic E-state index is 13.3. The van der Waals surface area contributed by atoms with Gasteiger partial charge in [-0.05, 0) is 61.0 Å². The maximum Gasteiger partial charge on any atom is 0.264 e. The predicted octanol–water partition coefficient (Wildman–Crippen LogP) is 5.27. The first-order valence-corrected chi connectivity index (χ1v) is 11.0. The molecule has 0 aliphatic rings. The number of amides is 1. The number of nitrogens with one attached hydrogen (secondary N) is 1. The second-order valence-electron chi connectivity index (χ2n) is 6.43. The molecule has 30 heavy (non-hydrogen) atoms. The van der Waals surface area contributed by atoms with Gasteiger partial charge in [-0.15, -0.1) is 0 Å². The standard InChI is InChI=1S/C21H17Cl2FN2O3S/c1-14-11-15(22)7-10-20(14)26(30(28,29)17-5-3-2-4-6-17)13-21(27)25-16-8-9-19(24)18(23)12-16/h2-12H,13H2,1H3,(H,25,27). The second kappa shape index (κ2) is 9.04. The Kier molecular flexibility index (Phi) is 6.65. The molecule has 0 aromatic heterocycles. The second-order valence-corrected chi connectivity index (χ2v) is 9.14. The summed E-state index contributed by atoms with van der Waals surface area (Å²) in [6.45, 7) is 1.20. The number of aryl methyl sites for hydroxylation is 1. The van der Waals surface area contributed by atoms with E-state index >= 15 is 0 Å². The number of hydrogen-bond acceptors (Lipinski definition) is 3. The van der Waals surface area contributed by atoms with E-state index in [1.54, 1.807) is 43.3 Å². The van der Waals surface area contributed by atoms with Crippen LogP contribution in [0, 0.1) is 12.7 Å². The third kappa shape index (κ3) is 4.92. The van der Waals surface area contributed by atoms with Gasteiger partial charge >= 0.3 is 0 Å². The normalized spacial score (nSPS) is 11.2. The number of carbonyl (C=O) groups excluding carboxylic acids is 1. The lowest BCUT2D eigenvalue weighted by molar-refractivity contribution is -0.114. The third-order valence-corrected chi connectivity index (χ3v) is 6.55. The van der Waals surface area contributed by atoms with Gasteiger partial charge in [-0.25, -0.2) is 12.8 Å². The number of hydrogen-bond donors (Lipinski definition) is 1. The van der Waals surface area contributed by atoms with Crippen LogP contribution >= 0.6 is 23.2 Å². The highest BCUT2D eigenvalue weighted by molar-refractivity contribution is 7.92. The van der Waals surface area contributed by atoms with Crippen LogP contribution in [0.3, 0.4) is 0 Å². The molecule has 0 heterocycles. The fourth-order valence-electron chi connectivity index (χ4n) is 2.82. The number of rotatable bonds is 6. The van der Waals surface area contributed by atoms with Gasteiger partial charge in [0, 0.05) is 10.7 Å². The Balaban J connectivity index is 1.97. The van der Waals surface area contributed by atoms with E-state index in [4.69, 9.17) is 23.2 Å². The van der Waals surface area contributed by atoms with Crippen molar-refractivity contribution in [3.63, 3.8) is 0 Å². The lowest BCUT2D eigenvalue weighted by Crippen LogP contribution is -2.38. The molecule has 0 aliphatic heterocycles. The molecule has 1 N–H and O–H groups in total. The van der Waals surface area contributed by atoms with Gasteiger partial charge in [0.05, 0.1) is 15.6 Å². The molecule has 0 radical (unpaired) electrons. The quantitative estimate of drug-likeness (QED) is 0.537. The van der Waals surface area contributed by atoms with Crippen molar-refractivity contribution in [2.24, 2.45) is 0 Å². The molecule has 0 bridgehead atoms. The number of benzene rings is 3. The van der Waals surface area contributed by atoms with Crippen molar-refractivity contribution in [1.29, 1.82) is 0 Å². The van der Waals surface area contributed by atoms with E-state index in [-0.39, 0.29) is 15.6 Å². The van der Waals surface area contributed by atoms with Crippen LogP contribution in [0.25, 0.3) is 0 Å². The molecule has 1 amide bonds. The Bertz CT molecular complexity index is 1190. The molecular weight excluding hydrogens is 450 g/mol. The zero-order valence-corrected chi connectivity index (χ0v) is 18.1. The summed E-state index contributed by atoms with van der Waals surface area (Å²) in [6, 6.07) is 16.2. The zero-order chi connectivity index (χ0) is 21.9. The van der Waals surface area contributed by atoms with Crippen molar-refractivity contribution < 1.29 is 17.6 Å². The van der Waals surface area contributed by atoms with Gasteiger partial charge in [0.2, 0.25) is 5.91 Å². The van der Waals surface area contributed by atoms with Gasteiger partial charge in [-0.2, -0.15) is 0 Å². The summed E-state index contributed by atoms with van der Waals surface area (Å²) < 4.78 is 41.0. The van der Waals surface area contributed by atoms with E-state index in [0.717, 1.165) is 10.4 Å². The van der Waals surface area contributed by atoms with Crippen molar-refractivity contribution in [1.82, 2.24) is 0 Å². The molecule has 5 nitrogen and oxygen atoms in total. The molecule has 156 valence electrons. The summed E-state index contributed by atoms with van der Waals surface area (Å²) in [5, 5.41) is 2.83. The molecule has 3 rings (SSSR count). The van der Waals surface area contributed by atoms with Gasteiger partial charge in [0.15, 0.2) is 0 Å². The summed E-state index contributed by atoms with van der Waals surface area (Å²) >= 11 is 11.7. The predicted molar refractivity (Wildman–Crippen MR) is 117 cm³/mol. The van der Waals surface area contributed by atoms with Crippen molar-refractivity contribution in [3.8, 4) is 0 Å². The summed E-state index contributed by atoms with van der Waals surface area (Å²) in [6.07, 6.45) is 0. The van der Waals surface area contributed by atoms with Crippen LogP contribution in [-0.4, -0.2) is 20.9 Å². The first kappa shape index (κ1) is 22.1. The lowest BCUT2D eigenvalue weighted by Gasteiger charge is -2.25. The van der Waals surface area contributed by atoms with Crippen LogP contribution in [0.2, 0.25) is 10.0 Å². The van der Waals surface area contributed by atoms with Crippen LogP contribution in [0.15, 0.2) is 71.6 Å². The topological polar surface area (TPSA) is 66.5 Å². The molecule has 0 spiro atoms. The smallest absolute Gasteiger partial charge is 0.264 e. The molecule has 0 aliphatic carbocycles. The monoisotopic (exact) mass is 466 g/mol. The molecule has 0 unspecified atom stereocenters. The number of nitrogens with zero attached hydrogens (tertiary/aromatic N) is 1. The van der Waals surface area contributed by atoms with E-state index in [1.807, 2.05) is 0 Å². The Morgan fingerprint density at radius 3 is 2.37 bits per heavy atom. The minimum atomic E-state index is -4.05. The number of anilines is 2. The number of halogens is 3. The van der Waals surface area contributed by atoms with Crippen molar-refractivity contribution >= 4 is 50.5 Å². The summed E-state index contributed by atoms with van der Waals surface area (Å²) in [5.74, 6) is -1.24. The molecule has 0 atom stereocenters. The Hall–Kier alpha value is -2.61. The first-order valence-electron chi connectivity index (χ1n) is 8.77. The van der Waals surface area contributed by atoms with Crippen molar-refractivity contribution in [2.45, 2.75) is 11.8 Å². The Labute approximate surface area is 184 Å². The summed E-state index contributed by atoms with van der Waals surface area (Å²) in [7, 11) is -4.05. The van der Waals surface area contributed by atoms with E-state index < -0.39 is 28.3 Å². The van der Waals surface area contributed by atoms with Gasteiger partial charge < -0.3 is 5.32 Å². The molecule has 3 aromatic rings. The number of carbonyl (C=O) groups is 1. The van der Waals surface area contributed by atoms with Crippen LogP contribution < -0.4 is 9.62 Å². The Morgan fingerprint density at radius 1 is 1.03 bits per heavy atom. The van der Waals surface area contributed by atoms with Gasteiger partial charge in [-0.1, -0.05) is 41.4 Å². The molecular formula is C21H17Cl2FN2O3S. The lowest BCUT2D eigenvalue weighted by atomic mass is 10.2. The highest BCUT2D eigenvalue weighted by Crippen LogP contribution is 2.29. The van der Waals surface area contributed by atoms with Gasteiger partial charge in [-0.3, -0.25) is 9.10 Å². The maximum atomic E-state index is 13.3. The van der Waals surface area contributed by atoms with Crippen LogP contribution in [0.1, 0.15) is 5.56 Å². The van der Waals surface area contributed by atoms with Crippen molar-refractivity contribution in [3.05, 3.63) is 88.2 Å². The molecule has 9 heteroatoms. The Morgan fingerprint density at radius 2 is 1.73 bits per heavy atom. The highest BCUT2D eigenvalue weighted by atomic mass is 35.5. The average Bonchev–Trinajstić information content (AvgIpc) is 2.70. The average molecular weight is 467 g/mol. The van der Waals surface area contributed by atoms with Crippen LogP contribution in [0.4, 0.5) is 15.8 Å². The fraction of sp³-hybridized carbons (Fsp3) is 0.0952. The van der Waals surface area contributed by atoms with Gasteiger partial charge in [0.25, 0.3) is 10.0 Å². The molecule has 0 fully saturated rings. The summed E-state index contributed by atoms with van der Waals surface area (Å²) in [4.78, 5) is 12.7. The minimum absolute atomic E-state index is 0.0389. The summed E-state index contributed by atoms with van der Waals surface area (Å²) in [5.41, 5.74) is 1.14. The van der Waals surface area contributed by atoms with Crippen molar-refractivity contribution in [2.75, 3.05) is 16.2 Å². The first-order chi connectivity index (χ1) is 14.2. The number of sulfonamides is 1. The molecule has 0 saturated heterocycles. The van der Waals surface area contributed by atoms with E-state index in [0.29, 0.717) is 16.3 Å². The fourth-order valence-corrected chi connectivity index (χ4v) is 4.74. The largest absolute Gasteiger partial charge is 0.324 e. The molecule has 3 aromatic carbocycles. The third-order valence-electron chi connectivity index (χ3n) is 4.25. The van der Waals surface area contributed by atoms with E-state index in [9.17, 15) is 17.6 Å². The SMILES string of the molecule is Cc1cc(Cl)ccc1N(CC(=O)Nc1ccc(F)c(Cl)c1)S(=O)(=O)c1ccccc1. The molecule has 0 saturated carbocycles. The highest BCUT2D eigenvalue weighted by Gasteiger charge is 2.28.